The standard InChI is InChI=1S/C10H15N3/c1-4-5-6-10(11)9-7-13(3)12-8(9)2/h7,10H,6,11H2,1-3H3. The summed E-state index contributed by atoms with van der Waals surface area (Å²) in [7, 11) is 1.90. The van der Waals surface area contributed by atoms with Gasteiger partial charge in [0.25, 0.3) is 0 Å². The van der Waals surface area contributed by atoms with Gasteiger partial charge in [-0.25, -0.2) is 0 Å². The highest BCUT2D eigenvalue weighted by atomic mass is 15.2. The molecule has 1 atom stereocenters. The lowest BCUT2D eigenvalue weighted by Crippen LogP contribution is -2.09. The molecule has 0 aliphatic carbocycles. The molecule has 0 saturated carbocycles. The Morgan fingerprint density at radius 2 is 2.38 bits per heavy atom. The first-order valence-corrected chi connectivity index (χ1v) is 4.30. The van der Waals surface area contributed by atoms with Crippen molar-refractivity contribution in [3.63, 3.8) is 0 Å². The molecule has 1 heterocycles. The molecule has 1 aromatic heterocycles. The fourth-order valence-electron chi connectivity index (χ4n) is 1.30. The van der Waals surface area contributed by atoms with Gasteiger partial charge in [0.2, 0.25) is 0 Å². The summed E-state index contributed by atoms with van der Waals surface area (Å²) in [4.78, 5) is 0. The summed E-state index contributed by atoms with van der Waals surface area (Å²) in [5.41, 5.74) is 8.02. The van der Waals surface area contributed by atoms with E-state index in [1.165, 1.54) is 0 Å². The van der Waals surface area contributed by atoms with E-state index in [-0.39, 0.29) is 6.04 Å². The van der Waals surface area contributed by atoms with Gasteiger partial charge in [-0.1, -0.05) is 0 Å². The number of rotatable bonds is 2. The molecule has 3 heteroatoms. The molecule has 3 nitrogen and oxygen atoms in total. The Morgan fingerprint density at radius 1 is 1.69 bits per heavy atom. The van der Waals surface area contributed by atoms with Crippen LogP contribution in [-0.2, 0) is 7.05 Å². The van der Waals surface area contributed by atoms with Crippen LogP contribution < -0.4 is 5.73 Å². The molecule has 0 saturated heterocycles. The minimum atomic E-state index is -0.0128. The Balaban J connectivity index is 2.79. The molecular weight excluding hydrogens is 162 g/mol. The molecule has 13 heavy (non-hydrogen) atoms. The van der Waals surface area contributed by atoms with E-state index in [9.17, 15) is 0 Å². The van der Waals surface area contributed by atoms with E-state index in [1.807, 2.05) is 27.1 Å². The van der Waals surface area contributed by atoms with Crippen LogP contribution in [0.15, 0.2) is 6.20 Å². The first-order chi connectivity index (χ1) is 6.15. The first-order valence-electron chi connectivity index (χ1n) is 4.30. The lowest BCUT2D eigenvalue weighted by atomic mass is 10.1. The van der Waals surface area contributed by atoms with Gasteiger partial charge < -0.3 is 5.73 Å². The zero-order valence-electron chi connectivity index (χ0n) is 8.33. The van der Waals surface area contributed by atoms with Gasteiger partial charge >= 0.3 is 0 Å². The minimum absolute atomic E-state index is 0.0128. The van der Waals surface area contributed by atoms with Crippen LogP contribution in [0.25, 0.3) is 0 Å². The third kappa shape index (κ3) is 2.33. The highest BCUT2D eigenvalue weighted by Gasteiger charge is 2.10. The van der Waals surface area contributed by atoms with Gasteiger partial charge in [0, 0.05) is 31.3 Å². The second-order valence-electron chi connectivity index (χ2n) is 3.08. The molecule has 0 radical (unpaired) electrons. The SMILES string of the molecule is CC#CCC(N)c1cn(C)nc1C. The van der Waals surface area contributed by atoms with Crippen LogP contribution in [-0.4, -0.2) is 9.78 Å². The average molecular weight is 177 g/mol. The highest BCUT2D eigenvalue weighted by molar-refractivity contribution is 5.21. The Morgan fingerprint density at radius 3 is 2.85 bits per heavy atom. The smallest absolute Gasteiger partial charge is 0.0641 e. The number of nitrogens with zero attached hydrogens (tertiary/aromatic N) is 2. The second kappa shape index (κ2) is 4.11. The van der Waals surface area contributed by atoms with Gasteiger partial charge in [0.15, 0.2) is 0 Å². The topological polar surface area (TPSA) is 43.8 Å². The van der Waals surface area contributed by atoms with Gasteiger partial charge in [0.1, 0.15) is 0 Å². The number of hydrogen-bond acceptors (Lipinski definition) is 2. The molecule has 0 aromatic carbocycles. The number of hydrogen-bond donors (Lipinski definition) is 1. The predicted octanol–water partition coefficient (Wildman–Crippen LogP) is 1.14. The van der Waals surface area contributed by atoms with Gasteiger partial charge in [-0.3, -0.25) is 4.68 Å². The summed E-state index contributed by atoms with van der Waals surface area (Å²) in [6.07, 6.45) is 2.65. The number of nitrogens with two attached hydrogens (primary N) is 1. The summed E-state index contributed by atoms with van der Waals surface area (Å²) in [6.45, 7) is 3.79. The fourth-order valence-corrected chi connectivity index (χ4v) is 1.30. The lowest BCUT2D eigenvalue weighted by Gasteiger charge is -2.05. The van der Waals surface area contributed by atoms with Crippen molar-refractivity contribution in [1.82, 2.24) is 9.78 Å². The Kier molecular flexibility index (Phi) is 3.10. The molecule has 2 N–H and O–H groups in total. The van der Waals surface area contributed by atoms with Crippen LogP contribution in [0.5, 0.6) is 0 Å². The van der Waals surface area contributed by atoms with Crippen LogP contribution in [0.4, 0.5) is 0 Å². The van der Waals surface area contributed by atoms with Gasteiger partial charge in [-0.15, -0.1) is 11.8 Å². The van der Waals surface area contributed by atoms with E-state index in [2.05, 4.69) is 16.9 Å². The van der Waals surface area contributed by atoms with Crippen molar-refractivity contribution in [2.24, 2.45) is 12.8 Å². The lowest BCUT2D eigenvalue weighted by molar-refractivity contribution is 0.743. The Hall–Kier alpha value is -1.27. The molecule has 1 rings (SSSR count). The van der Waals surface area contributed by atoms with Gasteiger partial charge in [0.05, 0.1) is 5.69 Å². The molecule has 0 spiro atoms. The molecule has 0 bridgehead atoms. The van der Waals surface area contributed by atoms with Crippen LogP contribution in [0.3, 0.4) is 0 Å². The fraction of sp³-hybridized carbons (Fsp3) is 0.500. The maximum atomic E-state index is 5.94. The summed E-state index contributed by atoms with van der Waals surface area (Å²) >= 11 is 0. The van der Waals surface area contributed by atoms with Gasteiger partial charge in [-0.05, 0) is 13.8 Å². The summed E-state index contributed by atoms with van der Waals surface area (Å²) < 4.78 is 1.78. The minimum Gasteiger partial charge on any atom is -0.323 e. The molecular formula is C10H15N3. The third-order valence-corrected chi connectivity index (χ3v) is 1.95. The van der Waals surface area contributed by atoms with E-state index >= 15 is 0 Å². The van der Waals surface area contributed by atoms with Crippen LogP contribution in [0.2, 0.25) is 0 Å². The van der Waals surface area contributed by atoms with Crippen molar-refractivity contribution in [2.75, 3.05) is 0 Å². The van der Waals surface area contributed by atoms with Crippen molar-refractivity contribution in [2.45, 2.75) is 26.3 Å². The number of aromatic nitrogens is 2. The molecule has 1 aromatic rings. The summed E-state index contributed by atoms with van der Waals surface area (Å²) in [5.74, 6) is 5.81. The molecule has 0 fully saturated rings. The van der Waals surface area contributed by atoms with Crippen LogP contribution >= 0.6 is 0 Å². The largest absolute Gasteiger partial charge is 0.323 e. The molecule has 0 aliphatic heterocycles. The van der Waals surface area contributed by atoms with E-state index in [0.717, 1.165) is 11.3 Å². The maximum Gasteiger partial charge on any atom is 0.0641 e. The second-order valence-corrected chi connectivity index (χ2v) is 3.08. The molecule has 0 aliphatic rings. The van der Waals surface area contributed by atoms with Crippen molar-refractivity contribution in [1.29, 1.82) is 0 Å². The maximum absolute atomic E-state index is 5.94. The zero-order valence-corrected chi connectivity index (χ0v) is 8.33. The van der Waals surface area contributed by atoms with Crippen molar-refractivity contribution in [3.8, 4) is 11.8 Å². The third-order valence-electron chi connectivity index (χ3n) is 1.95. The molecule has 1 unspecified atom stereocenters. The molecule has 0 amide bonds. The van der Waals surface area contributed by atoms with Crippen molar-refractivity contribution < 1.29 is 0 Å². The van der Waals surface area contributed by atoms with E-state index in [1.54, 1.807) is 4.68 Å². The van der Waals surface area contributed by atoms with E-state index in [0.29, 0.717) is 6.42 Å². The quantitative estimate of drug-likeness (QED) is 0.688. The number of aryl methyl sites for hydroxylation is 2. The van der Waals surface area contributed by atoms with E-state index in [4.69, 9.17) is 5.73 Å². The van der Waals surface area contributed by atoms with E-state index < -0.39 is 0 Å². The monoisotopic (exact) mass is 177 g/mol. The molecule has 70 valence electrons. The zero-order chi connectivity index (χ0) is 9.84. The first kappa shape index (κ1) is 9.82. The van der Waals surface area contributed by atoms with Crippen molar-refractivity contribution in [3.05, 3.63) is 17.5 Å². The predicted molar refractivity (Wildman–Crippen MR) is 52.9 cm³/mol. The van der Waals surface area contributed by atoms with Gasteiger partial charge in [-0.2, -0.15) is 5.10 Å². The highest BCUT2D eigenvalue weighted by Crippen LogP contribution is 2.15. The van der Waals surface area contributed by atoms with Crippen LogP contribution in [0, 0.1) is 18.8 Å². The Labute approximate surface area is 78.9 Å². The normalized spacial score (nSPS) is 12.0. The Bertz CT molecular complexity index is 341. The van der Waals surface area contributed by atoms with Crippen molar-refractivity contribution >= 4 is 0 Å². The summed E-state index contributed by atoms with van der Waals surface area (Å²) in [6, 6.07) is -0.0128. The van der Waals surface area contributed by atoms with Crippen LogP contribution in [0.1, 0.15) is 30.6 Å². The average Bonchev–Trinajstić information content (AvgIpc) is 2.41. The summed E-state index contributed by atoms with van der Waals surface area (Å²) in [5, 5.41) is 4.23.